The Morgan fingerprint density at radius 2 is 1.93 bits per heavy atom. The van der Waals surface area contributed by atoms with Gasteiger partial charge in [-0.2, -0.15) is 0 Å². The van der Waals surface area contributed by atoms with Crippen molar-refractivity contribution in [3.63, 3.8) is 0 Å². The van der Waals surface area contributed by atoms with Crippen molar-refractivity contribution in [1.82, 2.24) is 9.97 Å². The zero-order valence-corrected chi connectivity index (χ0v) is 15.8. The zero-order valence-electron chi connectivity index (χ0n) is 15.1. The van der Waals surface area contributed by atoms with E-state index in [1.165, 1.54) is 6.20 Å². The van der Waals surface area contributed by atoms with E-state index in [9.17, 15) is 4.79 Å². The van der Waals surface area contributed by atoms with Gasteiger partial charge in [-0.3, -0.25) is 4.79 Å². The number of nitrogens with one attached hydrogen (secondary N) is 1. The summed E-state index contributed by atoms with van der Waals surface area (Å²) in [5, 5.41) is 3.39. The average Bonchev–Trinajstić information content (AvgIpc) is 3.13. The third-order valence-corrected chi connectivity index (χ3v) is 5.22. The summed E-state index contributed by atoms with van der Waals surface area (Å²) in [7, 11) is 0. The molecular formula is C19H21ClN4O3. The molecule has 1 spiro atoms. The van der Waals surface area contributed by atoms with E-state index in [2.05, 4.69) is 20.2 Å². The quantitative estimate of drug-likeness (QED) is 0.870. The molecule has 7 nitrogen and oxygen atoms in total. The molecule has 0 saturated carbocycles. The fourth-order valence-electron chi connectivity index (χ4n) is 3.38. The van der Waals surface area contributed by atoms with Crippen LogP contribution in [0.5, 0.6) is 0 Å². The van der Waals surface area contributed by atoms with Crippen LogP contribution in [0.15, 0.2) is 30.6 Å². The van der Waals surface area contributed by atoms with Crippen LogP contribution in [0.25, 0.3) is 0 Å². The Hall–Kier alpha value is -2.22. The molecule has 0 atom stereocenters. The van der Waals surface area contributed by atoms with E-state index in [-0.39, 0.29) is 11.6 Å². The van der Waals surface area contributed by atoms with Gasteiger partial charge in [0.25, 0.3) is 5.91 Å². The molecule has 142 valence electrons. The monoisotopic (exact) mass is 388 g/mol. The minimum Gasteiger partial charge on any atom is -0.355 e. The fraction of sp³-hybridized carbons (Fsp3) is 0.421. The van der Waals surface area contributed by atoms with Crippen molar-refractivity contribution in [3.05, 3.63) is 46.9 Å². The molecule has 2 aromatic rings. The minimum absolute atomic E-state index is 0.258. The number of anilines is 2. The molecule has 1 N–H and O–H groups in total. The Morgan fingerprint density at radius 3 is 2.59 bits per heavy atom. The van der Waals surface area contributed by atoms with Gasteiger partial charge >= 0.3 is 0 Å². The summed E-state index contributed by atoms with van der Waals surface area (Å²) in [4.78, 5) is 23.3. The molecule has 0 bridgehead atoms. The minimum atomic E-state index is -0.418. The lowest BCUT2D eigenvalue weighted by Crippen LogP contribution is -2.45. The van der Waals surface area contributed by atoms with E-state index in [0.717, 1.165) is 37.3 Å². The highest BCUT2D eigenvalue weighted by Crippen LogP contribution is 2.32. The van der Waals surface area contributed by atoms with Gasteiger partial charge in [0, 0.05) is 36.6 Å². The van der Waals surface area contributed by atoms with E-state index < -0.39 is 5.79 Å². The maximum atomic E-state index is 12.4. The summed E-state index contributed by atoms with van der Waals surface area (Å²) in [5.74, 6) is 0.0153. The molecule has 0 aliphatic carbocycles. The normalized spacial score (nSPS) is 18.7. The second kappa shape index (κ2) is 7.42. The van der Waals surface area contributed by atoms with Gasteiger partial charge in [-0.15, -0.1) is 0 Å². The van der Waals surface area contributed by atoms with Crippen LogP contribution < -0.4 is 10.2 Å². The van der Waals surface area contributed by atoms with Gasteiger partial charge in [-0.25, -0.2) is 9.97 Å². The van der Waals surface area contributed by atoms with Crippen LogP contribution in [-0.2, 0) is 9.47 Å². The topological polar surface area (TPSA) is 76.6 Å². The molecule has 2 saturated heterocycles. The third kappa shape index (κ3) is 3.90. The van der Waals surface area contributed by atoms with E-state index in [0.29, 0.717) is 23.9 Å². The molecule has 2 aliphatic heterocycles. The molecule has 0 unspecified atom stereocenters. The number of halogens is 1. The summed E-state index contributed by atoms with van der Waals surface area (Å²) >= 11 is 6.00. The first kappa shape index (κ1) is 18.2. The highest BCUT2D eigenvalue weighted by Gasteiger charge is 2.40. The largest absolute Gasteiger partial charge is 0.355 e. The van der Waals surface area contributed by atoms with Crippen molar-refractivity contribution in [2.24, 2.45) is 0 Å². The number of amides is 1. The highest BCUT2D eigenvalue weighted by atomic mass is 35.5. The Morgan fingerprint density at radius 1 is 1.19 bits per heavy atom. The molecule has 0 radical (unpaired) electrons. The summed E-state index contributed by atoms with van der Waals surface area (Å²) in [6, 6.07) is 5.35. The second-order valence-electron chi connectivity index (χ2n) is 6.77. The van der Waals surface area contributed by atoms with Crippen molar-refractivity contribution in [1.29, 1.82) is 0 Å². The van der Waals surface area contributed by atoms with Gasteiger partial charge in [-0.05, 0) is 24.6 Å². The zero-order chi connectivity index (χ0) is 18.9. The van der Waals surface area contributed by atoms with Crippen LogP contribution in [0.2, 0.25) is 5.02 Å². The van der Waals surface area contributed by atoms with Crippen molar-refractivity contribution < 1.29 is 14.3 Å². The van der Waals surface area contributed by atoms with Gasteiger partial charge in [0.2, 0.25) is 0 Å². The Bertz CT molecular complexity index is 827. The lowest BCUT2D eigenvalue weighted by molar-refractivity contribution is -0.169. The Kier molecular flexibility index (Phi) is 4.99. The molecule has 27 heavy (non-hydrogen) atoms. The molecule has 4 rings (SSSR count). The molecule has 2 fully saturated rings. The maximum absolute atomic E-state index is 12.4. The highest BCUT2D eigenvalue weighted by molar-refractivity contribution is 6.31. The van der Waals surface area contributed by atoms with Gasteiger partial charge in [0.1, 0.15) is 11.5 Å². The molecule has 2 aliphatic rings. The van der Waals surface area contributed by atoms with Crippen molar-refractivity contribution in [2.45, 2.75) is 25.6 Å². The predicted octanol–water partition coefficient (Wildman–Crippen LogP) is 3.03. The Labute approximate surface area is 162 Å². The van der Waals surface area contributed by atoms with Crippen molar-refractivity contribution in [3.8, 4) is 0 Å². The van der Waals surface area contributed by atoms with Gasteiger partial charge in [0.15, 0.2) is 5.79 Å². The van der Waals surface area contributed by atoms with E-state index in [4.69, 9.17) is 21.1 Å². The number of nitrogens with zero attached hydrogens (tertiary/aromatic N) is 3. The van der Waals surface area contributed by atoms with E-state index in [1.807, 2.05) is 13.0 Å². The summed E-state index contributed by atoms with van der Waals surface area (Å²) < 4.78 is 11.5. The number of aromatic nitrogens is 2. The number of piperidine rings is 1. The average molecular weight is 389 g/mol. The number of benzene rings is 1. The van der Waals surface area contributed by atoms with Crippen LogP contribution >= 0.6 is 11.6 Å². The number of rotatable bonds is 3. The van der Waals surface area contributed by atoms with Crippen LogP contribution in [-0.4, -0.2) is 48.0 Å². The van der Waals surface area contributed by atoms with Crippen LogP contribution in [0.1, 0.15) is 28.9 Å². The van der Waals surface area contributed by atoms with E-state index >= 15 is 0 Å². The number of carbonyl (C=O) groups excluding carboxylic acids is 1. The molecular weight excluding hydrogens is 368 g/mol. The molecule has 8 heteroatoms. The number of ether oxygens (including phenoxy) is 2. The van der Waals surface area contributed by atoms with Crippen LogP contribution in [0.4, 0.5) is 11.5 Å². The maximum Gasteiger partial charge on any atom is 0.275 e. The standard InChI is InChI=1S/C19H21ClN4O3/c1-13-2-3-14(20)10-15(13)23-18(25)16-11-22-17(12-21-16)24-6-4-19(5-7-24)26-8-9-27-19/h2-3,10-12H,4-9H2,1H3,(H,23,25). The van der Waals surface area contributed by atoms with E-state index in [1.54, 1.807) is 18.3 Å². The summed E-state index contributed by atoms with van der Waals surface area (Å²) in [5.41, 5.74) is 1.85. The number of aryl methyl sites for hydroxylation is 1. The first-order valence-electron chi connectivity index (χ1n) is 8.97. The van der Waals surface area contributed by atoms with Crippen molar-refractivity contribution in [2.75, 3.05) is 36.5 Å². The van der Waals surface area contributed by atoms with Crippen LogP contribution in [0, 0.1) is 6.92 Å². The molecule has 1 amide bonds. The molecule has 1 aromatic heterocycles. The van der Waals surface area contributed by atoms with Gasteiger partial charge < -0.3 is 19.7 Å². The summed E-state index contributed by atoms with van der Waals surface area (Å²) in [6.45, 7) is 4.79. The lowest BCUT2D eigenvalue weighted by atomic mass is 10.0. The smallest absolute Gasteiger partial charge is 0.275 e. The number of carbonyl (C=O) groups is 1. The first-order valence-corrected chi connectivity index (χ1v) is 9.35. The Balaban J connectivity index is 1.40. The van der Waals surface area contributed by atoms with Crippen molar-refractivity contribution >= 4 is 29.0 Å². The predicted molar refractivity (Wildman–Crippen MR) is 102 cm³/mol. The SMILES string of the molecule is Cc1ccc(Cl)cc1NC(=O)c1cnc(N2CCC3(CC2)OCCO3)cn1. The third-order valence-electron chi connectivity index (χ3n) is 4.98. The summed E-state index contributed by atoms with van der Waals surface area (Å²) in [6.07, 6.45) is 4.72. The molecule has 1 aromatic carbocycles. The van der Waals surface area contributed by atoms with Gasteiger partial charge in [-0.1, -0.05) is 17.7 Å². The van der Waals surface area contributed by atoms with Gasteiger partial charge in [0.05, 0.1) is 25.6 Å². The first-order chi connectivity index (χ1) is 13.0. The number of hydrogen-bond donors (Lipinski definition) is 1. The second-order valence-corrected chi connectivity index (χ2v) is 7.20. The fourth-order valence-corrected chi connectivity index (χ4v) is 3.55. The number of hydrogen-bond acceptors (Lipinski definition) is 6. The molecule has 3 heterocycles. The lowest BCUT2D eigenvalue weighted by Gasteiger charge is -2.37. The van der Waals surface area contributed by atoms with Crippen LogP contribution in [0.3, 0.4) is 0 Å².